The Kier molecular flexibility index (Phi) is 2.86. The first kappa shape index (κ1) is 12.1. The first-order valence-electron chi connectivity index (χ1n) is 3.03. The van der Waals surface area contributed by atoms with E-state index in [0.29, 0.717) is 0 Å². The molecule has 0 N–H and O–H groups in total. The summed E-state index contributed by atoms with van der Waals surface area (Å²) in [6.07, 6.45) is -1.05. The molecule has 6 heteroatoms. The molecule has 0 heterocycles. The summed E-state index contributed by atoms with van der Waals surface area (Å²) in [5.74, 6) is -15.4. The van der Waals surface area contributed by atoms with Gasteiger partial charge in [-0.2, -0.15) is 26.3 Å². The van der Waals surface area contributed by atoms with Gasteiger partial charge in [-0.05, 0) is 12.2 Å². The Hall–Kier alpha value is -0.940. The van der Waals surface area contributed by atoms with Crippen LogP contribution in [0.4, 0.5) is 26.3 Å². The van der Waals surface area contributed by atoms with Crippen LogP contribution in [0.15, 0.2) is 25.3 Å². The molecule has 0 unspecified atom stereocenters. The highest BCUT2D eigenvalue weighted by Crippen LogP contribution is 2.46. The van der Waals surface area contributed by atoms with Crippen LogP contribution in [-0.2, 0) is 0 Å². The van der Waals surface area contributed by atoms with Gasteiger partial charge in [0.1, 0.15) is 0 Å². The molecule has 76 valence electrons. The lowest BCUT2D eigenvalue weighted by Gasteiger charge is -2.28. The molecule has 0 aromatic carbocycles. The zero-order valence-corrected chi connectivity index (χ0v) is 6.34. The van der Waals surface area contributed by atoms with Crippen molar-refractivity contribution in [3.63, 3.8) is 0 Å². The monoisotopic (exact) mass is 204 g/mol. The van der Waals surface area contributed by atoms with E-state index in [1.165, 1.54) is 0 Å². The second-order valence-corrected chi connectivity index (χ2v) is 2.23. The van der Waals surface area contributed by atoms with E-state index < -0.39 is 29.9 Å². The van der Waals surface area contributed by atoms with E-state index in [1.807, 2.05) is 0 Å². The molecule has 0 aliphatic carbocycles. The van der Waals surface area contributed by atoms with Crippen LogP contribution in [0.5, 0.6) is 0 Å². The van der Waals surface area contributed by atoms with Crippen molar-refractivity contribution >= 4 is 0 Å². The van der Waals surface area contributed by atoms with Crippen LogP contribution in [-0.4, -0.2) is 17.8 Å². The molecule has 0 spiro atoms. The van der Waals surface area contributed by atoms with Crippen molar-refractivity contribution in [3.05, 3.63) is 25.3 Å². The maximum atomic E-state index is 12.3. The van der Waals surface area contributed by atoms with Gasteiger partial charge in [-0.3, -0.25) is 0 Å². The molecule has 0 saturated carbocycles. The molecule has 0 nitrogen and oxygen atoms in total. The van der Waals surface area contributed by atoms with Gasteiger partial charge in [0.25, 0.3) is 0 Å². The molecule has 0 fully saturated rings. The lowest BCUT2D eigenvalue weighted by atomic mass is 10.1. The van der Waals surface area contributed by atoms with Crippen molar-refractivity contribution < 1.29 is 26.3 Å². The maximum Gasteiger partial charge on any atom is 0.379 e. The van der Waals surface area contributed by atoms with Gasteiger partial charge in [-0.1, -0.05) is 13.2 Å². The largest absolute Gasteiger partial charge is 0.379 e. The number of hydrogen-bond acceptors (Lipinski definition) is 0. The zero-order valence-electron chi connectivity index (χ0n) is 6.34. The molecule has 0 bridgehead atoms. The maximum absolute atomic E-state index is 12.3. The summed E-state index contributed by atoms with van der Waals surface area (Å²) in [5.41, 5.74) is 0. The van der Waals surface area contributed by atoms with E-state index in [4.69, 9.17) is 0 Å². The highest BCUT2D eigenvalue weighted by molar-refractivity contribution is 5.10. The van der Waals surface area contributed by atoms with Crippen LogP contribution < -0.4 is 0 Å². The van der Waals surface area contributed by atoms with Gasteiger partial charge in [-0.25, -0.2) is 0 Å². The van der Waals surface area contributed by atoms with E-state index >= 15 is 0 Å². The molecule has 0 atom stereocenters. The predicted molar refractivity (Wildman–Crippen MR) is 35.2 cm³/mol. The van der Waals surface area contributed by atoms with Crippen molar-refractivity contribution in [1.29, 1.82) is 0 Å². The van der Waals surface area contributed by atoms with Gasteiger partial charge >= 0.3 is 17.8 Å². The van der Waals surface area contributed by atoms with Gasteiger partial charge in [0.05, 0.1) is 0 Å². The Morgan fingerprint density at radius 1 is 0.692 bits per heavy atom. The molecule has 0 saturated heterocycles. The van der Waals surface area contributed by atoms with Gasteiger partial charge in [-0.15, -0.1) is 0 Å². The second-order valence-electron chi connectivity index (χ2n) is 2.23. The summed E-state index contributed by atoms with van der Waals surface area (Å²) >= 11 is 0. The molecule has 0 aliphatic rings. The normalized spacial score (nSPS) is 14.0. The zero-order chi connectivity index (χ0) is 10.9. The molecule has 0 aliphatic heterocycles. The van der Waals surface area contributed by atoms with Crippen molar-refractivity contribution in [3.8, 4) is 0 Å². The first-order chi connectivity index (χ1) is 5.62. The number of hydrogen-bond donors (Lipinski definition) is 0. The molecular weight excluding hydrogens is 198 g/mol. The van der Waals surface area contributed by atoms with E-state index in [1.54, 1.807) is 0 Å². The van der Waals surface area contributed by atoms with Gasteiger partial charge in [0.2, 0.25) is 0 Å². The summed E-state index contributed by atoms with van der Waals surface area (Å²) in [4.78, 5) is 0. The van der Waals surface area contributed by atoms with Crippen LogP contribution in [0, 0.1) is 0 Å². The Morgan fingerprint density at radius 3 is 1.08 bits per heavy atom. The Morgan fingerprint density at radius 2 is 0.923 bits per heavy atom. The quantitative estimate of drug-likeness (QED) is 0.487. The Labute approximate surface area is 70.5 Å². The minimum Gasteiger partial charge on any atom is -0.195 e. The fourth-order valence-electron chi connectivity index (χ4n) is 0.479. The predicted octanol–water partition coefficient (Wildman–Crippen LogP) is 3.26. The Balaban J connectivity index is 5.18. The number of allylic oxidation sites excluding steroid dienone is 2. The third-order valence-electron chi connectivity index (χ3n) is 1.35. The summed E-state index contributed by atoms with van der Waals surface area (Å²) in [6, 6.07) is 0. The summed E-state index contributed by atoms with van der Waals surface area (Å²) < 4.78 is 73.5. The SMILES string of the molecule is C=CC(F)(F)C(F)(F)C(F)(F)C=C. The van der Waals surface area contributed by atoms with Crippen LogP contribution in [0.25, 0.3) is 0 Å². The van der Waals surface area contributed by atoms with E-state index in [-0.39, 0.29) is 0 Å². The van der Waals surface area contributed by atoms with Gasteiger partial charge in [0, 0.05) is 0 Å². The van der Waals surface area contributed by atoms with Crippen LogP contribution in [0.3, 0.4) is 0 Å². The van der Waals surface area contributed by atoms with Crippen molar-refractivity contribution in [2.45, 2.75) is 17.8 Å². The molecule has 0 amide bonds. The number of alkyl halides is 6. The topological polar surface area (TPSA) is 0 Å². The molecule has 0 radical (unpaired) electrons. The minimum absolute atomic E-state index is 0.523. The lowest BCUT2D eigenvalue weighted by Crippen LogP contribution is -2.51. The molecule has 0 aromatic rings. The molecule has 0 aromatic heterocycles. The molecule has 13 heavy (non-hydrogen) atoms. The standard InChI is InChI=1S/C7H6F6/c1-3-5(8,9)7(12,13)6(10,11)4-2/h3-4H,1-2H2. The third kappa shape index (κ3) is 1.71. The smallest absolute Gasteiger partial charge is 0.195 e. The fraction of sp³-hybridized carbons (Fsp3) is 0.429. The third-order valence-corrected chi connectivity index (χ3v) is 1.35. The van der Waals surface area contributed by atoms with Crippen LogP contribution in [0.1, 0.15) is 0 Å². The van der Waals surface area contributed by atoms with Crippen LogP contribution >= 0.6 is 0 Å². The summed E-state index contributed by atoms with van der Waals surface area (Å²) in [6.45, 7) is 4.70. The number of rotatable bonds is 4. The lowest BCUT2D eigenvalue weighted by molar-refractivity contribution is -0.273. The second kappa shape index (κ2) is 3.08. The number of halogens is 6. The molecule has 0 rings (SSSR count). The first-order valence-corrected chi connectivity index (χ1v) is 3.03. The van der Waals surface area contributed by atoms with E-state index in [2.05, 4.69) is 13.2 Å². The highest BCUT2D eigenvalue weighted by atomic mass is 19.3. The fourth-order valence-corrected chi connectivity index (χ4v) is 0.479. The van der Waals surface area contributed by atoms with E-state index in [0.717, 1.165) is 0 Å². The average molecular weight is 204 g/mol. The van der Waals surface area contributed by atoms with Crippen molar-refractivity contribution in [1.82, 2.24) is 0 Å². The molecular formula is C7H6F6. The van der Waals surface area contributed by atoms with Crippen molar-refractivity contribution in [2.75, 3.05) is 0 Å². The van der Waals surface area contributed by atoms with Crippen LogP contribution in [0.2, 0.25) is 0 Å². The summed E-state index contributed by atoms with van der Waals surface area (Å²) in [5, 5.41) is 0. The minimum atomic E-state index is -5.51. The van der Waals surface area contributed by atoms with E-state index in [9.17, 15) is 26.3 Å². The van der Waals surface area contributed by atoms with Gasteiger partial charge < -0.3 is 0 Å². The van der Waals surface area contributed by atoms with Crippen molar-refractivity contribution in [2.24, 2.45) is 0 Å². The summed E-state index contributed by atoms with van der Waals surface area (Å²) in [7, 11) is 0. The highest BCUT2D eigenvalue weighted by Gasteiger charge is 2.68. The average Bonchev–Trinajstić information content (AvgIpc) is 2.03. The van der Waals surface area contributed by atoms with Gasteiger partial charge in [0.15, 0.2) is 0 Å². The Bertz CT molecular complexity index is 195.